The van der Waals surface area contributed by atoms with E-state index in [1.165, 1.54) is 46.6 Å². The van der Waals surface area contributed by atoms with Crippen molar-refractivity contribution in [3.05, 3.63) is 59.9 Å². The van der Waals surface area contributed by atoms with Crippen LogP contribution in [0, 0.1) is 5.82 Å². The van der Waals surface area contributed by atoms with Crippen molar-refractivity contribution in [1.82, 2.24) is 25.1 Å². The van der Waals surface area contributed by atoms with Crippen LogP contribution in [0.5, 0.6) is 0 Å². The molecule has 2 N–H and O–H groups in total. The molecule has 0 aliphatic heterocycles. The van der Waals surface area contributed by atoms with Gasteiger partial charge in [-0.15, -0.1) is 5.10 Å². The number of benzene rings is 2. The smallest absolute Gasteiger partial charge is 0.254 e. The molecule has 0 spiro atoms. The van der Waals surface area contributed by atoms with E-state index in [1.54, 1.807) is 37.4 Å². The van der Waals surface area contributed by atoms with Crippen molar-refractivity contribution in [2.75, 3.05) is 30.0 Å². The van der Waals surface area contributed by atoms with Crippen molar-refractivity contribution in [3.63, 3.8) is 0 Å². The summed E-state index contributed by atoms with van der Waals surface area (Å²) < 4.78 is 14.7. The fourth-order valence-corrected chi connectivity index (χ4v) is 3.29. The van der Waals surface area contributed by atoms with Crippen molar-refractivity contribution in [3.8, 4) is 0 Å². The van der Waals surface area contributed by atoms with Crippen molar-refractivity contribution >= 4 is 40.9 Å². The molecule has 3 rings (SSSR count). The molecule has 3 amide bonds. The van der Waals surface area contributed by atoms with E-state index in [1.807, 2.05) is 0 Å². The Hall–Kier alpha value is -3.80. The van der Waals surface area contributed by atoms with E-state index in [4.69, 9.17) is 0 Å². The van der Waals surface area contributed by atoms with E-state index in [0.717, 1.165) is 0 Å². The number of amides is 3. The minimum atomic E-state index is -0.469. The van der Waals surface area contributed by atoms with Gasteiger partial charge in [0.1, 0.15) is 5.82 Å². The average molecular weight is 457 g/mol. The average Bonchev–Trinajstić information content (AvgIpc) is 3.17. The van der Waals surface area contributed by atoms with Gasteiger partial charge in [0.25, 0.3) is 5.91 Å². The highest BCUT2D eigenvalue weighted by molar-refractivity contribution is 7.99. The fraction of sp³-hybridized carbons (Fsp3) is 0.200. The Bertz CT molecular complexity index is 1120. The molecular weight excluding hydrogens is 437 g/mol. The van der Waals surface area contributed by atoms with Gasteiger partial charge in [-0.05, 0) is 52.9 Å². The van der Waals surface area contributed by atoms with Gasteiger partial charge in [-0.3, -0.25) is 14.4 Å². The molecule has 0 radical (unpaired) electrons. The van der Waals surface area contributed by atoms with Crippen molar-refractivity contribution in [1.29, 1.82) is 0 Å². The van der Waals surface area contributed by atoms with Crippen molar-refractivity contribution < 1.29 is 18.8 Å². The van der Waals surface area contributed by atoms with Crippen LogP contribution >= 0.6 is 11.8 Å². The van der Waals surface area contributed by atoms with Crippen LogP contribution in [0.3, 0.4) is 0 Å². The van der Waals surface area contributed by atoms with Crippen LogP contribution in [0.4, 0.5) is 15.8 Å². The van der Waals surface area contributed by atoms with Crippen molar-refractivity contribution in [2.24, 2.45) is 7.05 Å². The molecule has 10 nitrogen and oxygen atoms in total. The van der Waals surface area contributed by atoms with Gasteiger partial charge in [0.05, 0.1) is 12.3 Å². The van der Waals surface area contributed by atoms with Crippen LogP contribution in [0.2, 0.25) is 0 Å². The second-order valence-electron chi connectivity index (χ2n) is 6.72. The standard InChI is InChI=1S/C20H20FN7O3S/c1-27(11-17(29)23-16-5-3-4-14(21)10-16)19(31)13-6-8-15(9-7-13)22-18(30)12-32-20-24-25-26-28(20)2/h3-10H,11-12H2,1-2H3,(H,22,30)(H,23,29). The number of halogens is 1. The number of carbonyl (C=O) groups is 3. The molecule has 32 heavy (non-hydrogen) atoms. The SMILES string of the molecule is CN(CC(=O)Nc1cccc(F)c1)C(=O)c1ccc(NC(=O)CSc2nnnn2C)cc1. The minimum Gasteiger partial charge on any atom is -0.332 e. The molecule has 166 valence electrons. The lowest BCUT2D eigenvalue weighted by Gasteiger charge is -2.17. The van der Waals surface area contributed by atoms with Gasteiger partial charge in [-0.25, -0.2) is 9.07 Å². The first-order chi connectivity index (χ1) is 15.3. The first-order valence-electron chi connectivity index (χ1n) is 9.38. The Balaban J connectivity index is 1.49. The summed E-state index contributed by atoms with van der Waals surface area (Å²) in [6.07, 6.45) is 0. The Morgan fingerprint density at radius 1 is 1.06 bits per heavy atom. The summed E-state index contributed by atoms with van der Waals surface area (Å²) in [5.74, 6) is -1.42. The molecule has 0 aliphatic carbocycles. The molecule has 2 aromatic carbocycles. The molecule has 12 heteroatoms. The number of aryl methyl sites for hydroxylation is 1. The van der Waals surface area contributed by atoms with E-state index < -0.39 is 11.7 Å². The fourth-order valence-electron chi connectivity index (χ4n) is 2.64. The van der Waals surface area contributed by atoms with Crippen molar-refractivity contribution in [2.45, 2.75) is 5.16 Å². The van der Waals surface area contributed by atoms with E-state index in [9.17, 15) is 18.8 Å². The van der Waals surface area contributed by atoms with E-state index in [2.05, 4.69) is 26.2 Å². The summed E-state index contributed by atoms with van der Waals surface area (Å²) in [7, 11) is 3.17. The Kier molecular flexibility index (Phi) is 7.49. The number of carbonyl (C=O) groups excluding carboxylic acids is 3. The van der Waals surface area contributed by atoms with Crippen LogP contribution in [-0.4, -0.2) is 62.2 Å². The maximum absolute atomic E-state index is 13.2. The predicted octanol–water partition coefficient (Wildman–Crippen LogP) is 1.79. The maximum Gasteiger partial charge on any atom is 0.254 e. The van der Waals surface area contributed by atoms with E-state index in [0.29, 0.717) is 22.1 Å². The van der Waals surface area contributed by atoms with Gasteiger partial charge < -0.3 is 15.5 Å². The summed E-state index contributed by atoms with van der Waals surface area (Å²) in [6.45, 7) is -0.206. The molecule has 0 aliphatic rings. The monoisotopic (exact) mass is 457 g/mol. The second-order valence-corrected chi connectivity index (χ2v) is 7.66. The number of nitrogens with zero attached hydrogens (tertiary/aromatic N) is 5. The molecule has 1 aromatic heterocycles. The number of thioether (sulfide) groups is 1. The number of tetrazole rings is 1. The number of rotatable bonds is 8. The van der Waals surface area contributed by atoms with Crippen LogP contribution in [-0.2, 0) is 16.6 Å². The number of aromatic nitrogens is 4. The highest BCUT2D eigenvalue weighted by Gasteiger charge is 2.16. The highest BCUT2D eigenvalue weighted by atomic mass is 32.2. The summed E-state index contributed by atoms with van der Waals surface area (Å²) in [5.41, 5.74) is 1.18. The quantitative estimate of drug-likeness (QED) is 0.495. The van der Waals surface area contributed by atoms with E-state index in [-0.39, 0.29) is 24.1 Å². The third kappa shape index (κ3) is 6.35. The first-order valence-corrected chi connectivity index (χ1v) is 10.4. The molecule has 0 atom stereocenters. The van der Waals surface area contributed by atoms with Gasteiger partial charge in [-0.1, -0.05) is 17.8 Å². The zero-order valence-corrected chi connectivity index (χ0v) is 18.1. The second kappa shape index (κ2) is 10.5. The Labute approximate surface area is 187 Å². The van der Waals surface area contributed by atoms with Crippen LogP contribution in [0.15, 0.2) is 53.7 Å². The normalized spacial score (nSPS) is 10.5. The van der Waals surface area contributed by atoms with Crippen LogP contribution in [0.1, 0.15) is 10.4 Å². The third-order valence-corrected chi connectivity index (χ3v) is 5.18. The number of hydrogen-bond acceptors (Lipinski definition) is 7. The third-order valence-electron chi connectivity index (χ3n) is 4.17. The Morgan fingerprint density at radius 2 is 1.78 bits per heavy atom. The van der Waals surface area contributed by atoms with Gasteiger partial charge >= 0.3 is 0 Å². The molecule has 0 unspecified atom stereocenters. The number of hydrogen-bond donors (Lipinski definition) is 2. The number of nitrogens with one attached hydrogen (secondary N) is 2. The first kappa shape index (κ1) is 22.9. The summed E-state index contributed by atoms with van der Waals surface area (Å²) in [6, 6.07) is 11.8. The number of likely N-dealkylation sites (N-methyl/N-ethyl adjacent to an activating group) is 1. The Morgan fingerprint density at radius 3 is 2.44 bits per heavy atom. The zero-order valence-electron chi connectivity index (χ0n) is 17.3. The molecule has 0 saturated heterocycles. The lowest BCUT2D eigenvalue weighted by atomic mass is 10.2. The van der Waals surface area contributed by atoms with Gasteiger partial charge in [0.15, 0.2) is 0 Å². The number of anilines is 2. The molecular formula is C20H20FN7O3S. The molecule has 0 fully saturated rings. The summed E-state index contributed by atoms with van der Waals surface area (Å²) in [4.78, 5) is 38.0. The van der Waals surface area contributed by atoms with Crippen LogP contribution < -0.4 is 10.6 Å². The largest absolute Gasteiger partial charge is 0.332 e. The molecule has 0 bridgehead atoms. The predicted molar refractivity (Wildman–Crippen MR) is 117 cm³/mol. The maximum atomic E-state index is 13.2. The molecule has 1 heterocycles. The lowest BCUT2D eigenvalue weighted by Crippen LogP contribution is -2.34. The highest BCUT2D eigenvalue weighted by Crippen LogP contribution is 2.15. The minimum absolute atomic E-state index is 0.123. The summed E-state index contributed by atoms with van der Waals surface area (Å²) >= 11 is 1.20. The van der Waals surface area contributed by atoms with Gasteiger partial charge in [-0.2, -0.15) is 0 Å². The molecule has 0 saturated carbocycles. The molecule has 3 aromatic rings. The van der Waals surface area contributed by atoms with Gasteiger partial charge in [0.2, 0.25) is 17.0 Å². The summed E-state index contributed by atoms with van der Waals surface area (Å²) in [5, 5.41) is 16.8. The zero-order chi connectivity index (χ0) is 23.1. The topological polar surface area (TPSA) is 122 Å². The van der Waals surface area contributed by atoms with Crippen LogP contribution in [0.25, 0.3) is 0 Å². The van der Waals surface area contributed by atoms with E-state index >= 15 is 0 Å². The lowest BCUT2D eigenvalue weighted by molar-refractivity contribution is -0.116. The van der Waals surface area contributed by atoms with Gasteiger partial charge in [0, 0.05) is 31.0 Å².